The van der Waals surface area contributed by atoms with Crippen molar-refractivity contribution in [1.29, 1.82) is 0 Å². The van der Waals surface area contributed by atoms with E-state index < -0.39 is 0 Å². The predicted octanol–water partition coefficient (Wildman–Crippen LogP) is 5.97. The highest BCUT2D eigenvalue weighted by molar-refractivity contribution is 5.21. The van der Waals surface area contributed by atoms with Crippen LogP contribution in [-0.4, -0.2) is 34.6 Å². The largest absolute Gasteiger partial charge is 0.396 e. The van der Waals surface area contributed by atoms with Gasteiger partial charge in [-0.15, -0.1) is 0 Å². The molecule has 0 saturated heterocycles. The summed E-state index contributed by atoms with van der Waals surface area (Å²) < 4.78 is 0. The molecule has 3 N–H and O–H groups in total. The van der Waals surface area contributed by atoms with E-state index in [4.69, 9.17) is 0 Å². The third-order valence-electron chi connectivity index (χ3n) is 13.7. The Bertz CT molecular complexity index is 808. The van der Waals surface area contributed by atoms with Crippen LogP contribution in [0.4, 0.5) is 0 Å². The van der Waals surface area contributed by atoms with Gasteiger partial charge in [0.2, 0.25) is 0 Å². The quantitative estimate of drug-likeness (QED) is 0.457. The highest BCUT2D eigenvalue weighted by Gasteiger charge is 2.71. The van der Waals surface area contributed by atoms with Gasteiger partial charge in [-0.05, 0) is 122 Å². The molecule has 0 aromatic heterocycles. The minimum Gasteiger partial charge on any atom is -0.396 e. The van der Waals surface area contributed by atoms with Gasteiger partial charge in [-0.25, -0.2) is 0 Å². The lowest BCUT2D eigenvalue weighted by Gasteiger charge is -2.73. The summed E-state index contributed by atoms with van der Waals surface area (Å²) in [6.45, 7) is 17.0. The lowest BCUT2D eigenvalue weighted by molar-refractivity contribution is -0.255. The normalized spacial score (nSPS) is 58.1. The number of hydrogen-bond acceptors (Lipinski definition) is 3. The molecule has 5 fully saturated rings. The summed E-state index contributed by atoms with van der Waals surface area (Å²) >= 11 is 0. The first-order valence-electron chi connectivity index (χ1n) is 14.0. The van der Waals surface area contributed by atoms with E-state index in [2.05, 4.69) is 41.2 Å². The molecule has 5 saturated carbocycles. The van der Waals surface area contributed by atoms with Crippen LogP contribution in [-0.2, 0) is 0 Å². The van der Waals surface area contributed by atoms with E-state index in [0.717, 1.165) is 19.3 Å². The molecule has 11 atom stereocenters. The van der Waals surface area contributed by atoms with E-state index in [1.807, 2.05) is 0 Å². The second-order valence-electron chi connectivity index (χ2n) is 14.4. The second-order valence-corrected chi connectivity index (χ2v) is 14.4. The van der Waals surface area contributed by atoms with E-state index >= 15 is 0 Å². The number of aliphatic hydroxyl groups excluding tert-OH is 3. The smallest absolute Gasteiger partial charge is 0.0618 e. The minimum atomic E-state index is -0.383. The standard InChI is InChI=1S/C30H50O3/c1-19(2)20-9-14-30(18-32)16-15-28(5)21(25(20)30)7-8-23-26(3)12-11-24(33)27(4,17-31)22(26)10-13-29(23,28)6/h20-25,31-33H,1,7-18H2,2-6H3/t20-,21+,22+,23+,24-,25+,26-,27?,28+,29+,30+/m0/s1. The minimum absolute atomic E-state index is 0.0964. The van der Waals surface area contributed by atoms with Crippen molar-refractivity contribution >= 4 is 0 Å². The van der Waals surface area contributed by atoms with E-state index in [0.29, 0.717) is 36.2 Å². The van der Waals surface area contributed by atoms with Crippen LogP contribution >= 0.6 is 0 Å². The van der Waals surface area contributed by atoms with Crippen LogP contribution in [0, 0.1) is 56.7 Å². The Hall–Kier alpha value is -0.380. The molecule has 188 valence electrons. The highest BCUT2D eigenvalue weighted by Crippen LogP contribution is 2.77. The SMILES string of the molecule is C=C(C)[C@@H]1CC[C@]2(CO)CC[C@]3(C)[C@H](CC[C@@H]4[C@@]5(C)CC[C@H](O)C(C)(CO)[C@@H]5CC[C@]43C)[C@@H]12. The second kappa shape index (κ2) is 7.56. The first-order chi connectivity index (χ1) is 15.4. The molecular weight excluding hydrogens is 408 g/mol. The first-order valence-corrected chi connectivity index (χ1v) is 14.0. The maximum atomic E-state index is 10.9. The fraction of sp³-hybridized carbons (Fsp3) is 0.933. The maximum Gasteiger partial charge on any atom is 0.0618 e. The van der Waals surface area contributed by atoms with Crippen molar-refractivity contribution in [2.24, 2.45) is 56.7 Å². The monoisotopic (exact) mass is 458 g/mol. The Labute approximate surface area is 202 Å². The van der Waals surface area contributed by atoms with Gasteiger partial charge in [0.15, 0.2) is 0 Å². The molecule has 0 aromatic carbocycles. The van der Waals surface area contributed by atoms with Crippen LogP contribution in [0.1, 0.15) is 98.8 Å². The van der Waals surface area contributed by atoms with Crippen molar-refractivity contribution in [3.8, 4) is 0 Å². The molecule has 0 amide bonds. The topological polar surface area (TPSA) is 60.7 Å². The Kier molecular flexibility index (Phi) is 5.57. The molecule has 0 radical (unpaired) electrons. The Morgan fingerprint density at radius 1 is 0.788 bits per heavy atom. The summed E-state index contributed by atoms with van der Waals surface area (Å²) in [5.74, 6) is 2.86. The number of hydrogen-bond donors (Lipinski definition) is 3. The van der Waals surface area contributed by atoms with E-state index in [1.165, 1.54) is 50.5 Å². The molecule has 0 heterocycles. The van der Waals surface area contributed by atoms with Crippen LogP contribution in [0.3, 0.4) is 0 Å². The molecule has 5 rings (SSSR count). The Balaban J connectivity index is 1.55. The maximum absolute atomic E-state index is 10.9. The van der Waals surface area contributed by atoms with Gasteiger partial charge in [0.25, 0.3) is 0 Å². The van der Waals surface area contributed by atoms with Gasteiger partial charge in [-0.1, -0.05) is 39.8 Å². The summed E-state index contributed by atoms with van der Waals surface area (Å²) in [5, 5.41) is 32.0. The average molecular weight is 459 g/mol. The van der Waals surface area contributed by atoms with Gasteiger partial charge >= 0.3 is 0 Å². The van der Waals surface area contributed by atoms with Crippen molar-refractivity contribution in [1.82, 2.24) is 0 Å². The van der Waals surface area contributed by atoms with Gasteiger partial charge in [-0.2, -0.15) is 0 Å². The molecule has 0 bridgehead atoms. The van der Waals surface area contributed by atoms with Gasteiger partial charge in [-0.3, -0.25) is 0 Å². The molecule has 1 unspecified atom stereocenters. The molecule has 3 heteroatoms. The van der Waals surface area contributed by atoms with Crippen molar-refractivity contribution in [3.05, 3.63) is 12.2 Å². The molecule has 33 heavy (non-hydrogen) atoms. The molecule has 0 aliphatic heterocycles. The first kappa shape index (κ1) is 24.3. The lowest BCUT2D eigenvalue weighted by atomic mass is 9.32. The van der Waals surface area contributed by atoms with Crippen LogP contribution in [0.25, 0.3) is 0 Å². The summed E-state index contributed by atoms with van der Waals surface area (Å²) in [7, 11) is 0. The fourth-order valence-corrected chi connectivity index (χ4v) is 11.6. The molecule has 0 spiro atoms. The Morgan fingerprint density at radius 2 is 1.52 bits per heavy atom. The van der Waals surface area contributed by atoms with Gasteiger partial charge in [0, 0.05) is 12.0 Å². The van der Waals surface area contributed by atoms with Gasteiger partial charge in [0.05, 0.1) is 12.7 Å². The third-order valence-corrected chi connectivity index (χ3v) is 13.7. The van der Waals surface area contributed by atoms with E-state index in [-0.39, 0.29) is 39.8 Å². The van der Waals surface area contributed by atoms with Gasteiger partial charge in [0.1, 0.15) is 0 Å². The van der Waals surface area contributed by atoms with Crippen molar-refractivity contribution < 1.29 is 15.3 Å². The summed E-state index contributed by atoms with van der Waals surface area (Å²) in [6.07, 6.45) is 11.2. The van der Waals surface area contributed by atoms with E-state index in [9.17, 15) is 15.3 Å². The number of aliphatic hydroxyl groups is 3. The van der Waals surface area contributed by atoms with Gasteiger partial charge < -0.3 is 15.3 Å². The van der Waals surface area contributed by atoms with Crippen LogP contribution in [0.2, 0.25) is 0 Å². The number of rotatable bonds is 3. The van der Waals surface area contributed by atoms with Crippen molar-refractivity contribution in [2.75, 3.05) is 13.2 Å². The predicted molar refractivity (Wildman–Crippen MR) is 133 cm³/mol. The van der Waals surface area contributed by atoms with Crippen LogP contribution < -0.4 is 0 Å². The molecule has 5 aliphatic rings. The molecule has 3 nitrogen and oxygen atoms in total. The number of fused-ring (bicyclic) bond motifs is 7. The fourth-order valence-electron chi connectivity index (χ4n) is 11.6. The molecule has 0 aromatic rings. The molecule has 5 aliphatic carbocycles. The van der Waals surface area contributed by atoms with Crippen LogP contribution in [0.15, 0.2) is 12.2 Å². The zero-order valence-corrected chi connectivity index (χ0v) is 22.0. The molecular formula is C30H50O3. The average Bonchev–Trinajstić information content (AvgIpc) is 3.17. The summed E-state index contributed by atoms with van der Waals surface area (Å²) in [6, 6.07) is 0. The highest BCUT2D eigenvalue weighted by atomic mass is 16.3. The third kappa shape index (κ3) is 2.85. The van der Waals surface area contributed by atoms with Crippen LogP contribution in [0.5, 0.6) is 0 Å². The number of allylic oxidation sites excluding steroid dienone is 1. The zero-order valence-electron chi connectivity index (χ0n) is 22.0. The Morgan fingerprint density at radius 3 is 2.15 bits per heavy atom. The zero-order chi connectivity index (χ0) is 24.0. The summed E-state index contributed by atoms with van der Waals surface area (Å²) in [5.41, 5.74) is 1.83. The lowest BCUT2D eigenvalue weighted by Crippen LogP contribution is -2.67. The summed E-state index contributed by atoms with van der Waals surface area (Å²) in [4.78, 5) is 0. The van der Waals surface area contributed by atoms with Crippen molar-refractivity contribution in [3.63, 3.8) is 0 Å². The van der Waals surface area contributed by atoms with Crippen molar-refractivity contribution in [2.45, 2.75) is 105 Å². The van der Waals surface area contributed by atoms with E-state index in [1.54, 1.807) is 0 Å².